The smallest absolute Gasteiger partial charge is 0.236 e. The number of nitrogens with zero attached hydrogens (tertiary/aromatic N) is 3. The molecule has 0 aromatic carbocycles. The van der Waals surface area contributed by atoms with E-state index in [4.69, 9.17) is 9.97 Å². The van der Waals surface area contributed by atoms with Crippen LogP contribution in [0.1, 0.15) is 54.3 Å². The summed E-state index contributed by atoms with van der Waals surface area (Å²) in [6.07, 6.45) is 7.86. The number of fused-ring (bicyclic) bond motifs is 1. The van der Waals surface area contributed by atoms with E-state index in [1.54, 1.807) is 17.5 Å². The van der Waals surface area contributed by atoms with Crippen LogP contribution in [0, 0.1) is 13.8 Å². The number of thiazole rings is 1. The average Bonchev–Trinajstić information content (AvgIpc) is 3.28. The lowest BCUT2D eigenvalue weighted by atomic mass is 9.89. The second kappa shape index (κ2) is 8.24. The Labute approximate surface area is 171 Å². The van der Waals surface area contributed by atoms with Gasteiger partial charge in [0.25, 0.3) is 0 Å². The maximum atomic E-state index is 12.3. The molecule has 1 aliphatic carbocycles. The fourth-order valence-corrected chi connectivity index (χ4v) is 5.99. The third-order valence-electron chi connectivity index (χ3n) is 5.00. The van der Waals surface area contributed by atoms with Crippen molar-refractivity contribution in [3.63, 3.8) is 0 Å². The molecule has 1 amide bonds. The molecule has 0 bridgehead atoms. The van der Waals surface area contributed by atoms with E-state index in [9.17, 15) is 4.79 Å². The predicted molar refractivity (Wildman–Crippen MR) is 114 cm³/mol. The van der Waals surface area contributed by atoms with Gasteiger partial charge < -0.3 is 5.32 Å². The van der Waals surface area contributed by atoms with Crippen LogP contribution in [0.5, 0.6) is 0 Å². The monoisotopic (exact) mass is 418 g/mol. The first kappa shape index (κ1) is 18.8. The van der Waals surface area contributed by atoms with E-state index in [0.717, 1.165) is 21.1 Å². The lowest BCUT2D eigenvalue weighted by Crippen LogP contribution is -2.14. The zero-order valence-electron chi connectivity index (χ0n) is 15.4. The highest BCUT2D eigenvalue weighted by atomic mass is 32.2. The molecule has 4 rings (SSSR count). The van der Waals surface area contributed by atoms with Crippen molar-refractivity contribution in [1.29, 1.82) is 0 Å². The van der Waals surface area contributed by atoms with Crippen LogP contribution in [0.25, 0.3) is 10.2 Å². The number of amides is 1. The molecule has 0 atom stereocenters. The van der Waals surface area contributed by atoms with E-state index in [1.165, 1.54) is 65.6 Å². The van der Waals surface area contributed by atoms with E-state index < -0.39 is 0 Å². The third-order valence-corrected chi connectivity index (χ3v) is 7.77. The van der Waals surface area contributed by atoms with Gasteiger partial charge in [-0.25, -0.2) is 15.0 Å². The van der Waals surface area contributed by atoms with Gasteiger partial charge in [-0.15, -0.1) is 22.7 Å². The van der Waals surface area contributed by atoms with E-state index >= 15 is 0 Å². The number of carbonyl (C=O) groups excluding carboxylic acids is 1. The van der Waals surface area contributed by atoms with Crippen molar-refractivity contribution in [2.75, 3.05) is 11.1 Å². The first-order valence-corrected chi connectivity index (χ1v) is 11.9. The van der Waals surface area contributed by atoms with Crippen LogP contribution >= 0.6 is 34.4 Å². The van der Waals surface area contributed by atoms with Crippen molar-refractivity contribution >= 4 is 55.7 Å². The Kier molecular flexibility index (Phi) is 5.75. The molecule has 1 saturated carbocycles. The fourth-order valence-electron chi connectivity index (χ4n) is 3.45. The van der Waals surface area contributed by atoms with Gasteiger partial charge in [-0.1, -0.05) is 31.0 Å². The van der Waals surface area contributed by atoms with Gasteiger partial charge in [-0.05, 0) is 32.3 Å². The molecule has 0 aliphatic heterocycles. The number of aromatic nitrogens is 3. The number of carbonyl (C=O) groups is 1. The van der Waals surface area contributed by atoms with Crippen molar-refractivity contribution in [2.24, 2.45) is 0 Å². The summed E-state index contributed by atoms with van der Waals surface area (Å²) >= 11 is 4.67. The number of hydrogen-bond acceptors (Lipinski definition) is 7. The number of rotatable bonds is 5. The molecule has 0 spiro atoms. The van der Waals surface area contributed by atoms with Crippen LogP contribution in [-0.4, -0.2) is 26.6 Å². The van der Waals surface area contributed by atoms with Crippen LogP contribution in [-0.2, 0) is 4.79 Å². The van der Waals surface area contributed by atoms with Gasteiger partial charge in [0.1, 0.15) is 15.7 Å². The van der Waals surface area contributed by atoms with E-state index in [-0.39, 0.29) is 5.91 Å². The van der Waals surface area contributed by atoms with Crippen LogP contribution in [0.15, 0.2) is 16.6 Å². The van der Waals surface area contributed by atoms with Crippen LogP contribution < -0.4 is 5.32 Å². The van der Waals surface area contributed by atoms with Gasteiger partial charge in [0.05, 0.1) is 5.75 Å². The van der Waals surface area contributed by atoms with Gasteiger partial charge in [0, 0.05) is 27.8 Å². The number of aryl methyl sites for hydroxylation is 2. The van der Waals surface area contributed by atoms with Crippen molar-refractivity contribution < 1.29 is 4.79 Å². The summed E-state index contributed by atoms with van der Waals surface area (Å²) in [5, 5.41) is 7.39. The predicted octanol–water partition coefficient (Wildman–Crippen LogP) is 5.54. The Morgan fingerprint density at radius 2 is 2.07 bits per heavy atom. The Morgan fingerprint density at radius 3 is 2.81 bits per heavy atom. The van der Waals surface area contributed by atoms with E-state index in [0.29, 0.717) is 16.8 Å². The maximum absolute atomic E-state index is 12.3. The lowest BCUT2D eigenvalue weighted by Gasteiger charge is -2.20. The summed E-state index contributed by atoms with van der Waals surface area (Å²) in [5.74, 6) is 1.69. The minimum atomic E-state index is -0.0504. The SMILES string of the molecule is Cc1sc2nc(C3CCCCC3)nc(SCC(=O)Nc3nccs3)c2c1C. The Hall–Kier alpha value is -1.51. The molecule has 0 radical (unpaired) electrons. The molecule has 27 heavy (non-hydrogen) atoms. The maximum Gasteiger partial charge on any atom is 0.236 e. The van der Waals surface area contributed by atoms with Gasteiger partial charge in [-0.3, -0.25) is 4.79 Å². The van der Waals surface area contributed by atoms with Crippen LogP contribution in [0.3, 0.4) is 0 Å². The molecule has 3 aromatic heterocycles. The molecule has 5 nitrogen and oxygen atoms in total. The molecule has 3 aromatic rings. The average molecular weight is 419 g/mol. The Bertz CT molecular complexity index is 946. The van der Waals surface area contributed by atoms with Crippen molar-refractivity contribution in [3.05, 3.63) is 27.8 Å². The lowest BCUT2D eigenvalue weighted by molar-refractivity contribution is -0.113. The quantitative estimate of drug-likeness (QED) is 0.435. The number of nitrogens with one attached hydrogen (secondary N) is 1. The molecule has 1 fully saturated rings. The molecular weight excluding hydrogens is 396 g/mol. The second-order valence-corrected chi connectivity index (χ2v) is 9.92. The highest BCUT2D eigenvalue weighted by molar-refractivity contribution is 8.00. The summed E-state index contributed by atoms with van der Waals surface area (Å²) in [6.45, 7) is 4.25. The summed E-state index contributed by atoms with van der Waals surface area (Å²) in [4.78, 5) is 28.6. The van der Waals surface area contributed by atoms with Gasteiger partial charge in [0.2, 0.25) is 5.91 Å². The van der Waals surface area contributed by atoms with Crippen molar-refractivity contribution in [3.8, 4) is 0 Å². The Morgan fingerprint density at radius 1 is 1.26 bits per heavy atom. The third kappa shape index (κ3) is 4.17. The molecule has 8 heteroatoms. The number of thioether (sulfide) groups is 1. The van der Waals surface area contributed by atoms with E-state index in [1.807, 2.05) is 5.38 Å². The largest absolute Gasteiger partial charge is 0.301 e. The van der Waals surface area contributed by atoms with Crippen molar-refractivity contribution in [2.45, 2.75) is 56.9 Å². The van der Waals surface area contributed by atoms with E-state index in [2.05, 4.69) is 24.1 Å². The number of anilines is 1. The standard InChI is InChI=1S/C19H22N4OS3/c1-11-12(2)27-18-15(11)17(22-16(23-18)13-6-4-3-5-7-13)26-10-14(24)21-19-20-8-9-25-19/h8-9,13H,3-7,10H2,1-2H3,(H,20,21,24). The highest BCUT2D eigenvalue weighted by Crippen LogP contribution is 2.38. The zero-order chi connectivity index (χ0) is 18.8. The molecule has 1 aliphatic rings. The normalized spacial score (nSPS) is 15.3. The fraction of sp³-hybridized carbons (Fsp3) is 0.474. The topological polar surface area (TPSA) is 67.8 Å². The zero-order valence-corrected chi connectivity index (χ0v) is 17.9. The second-order valence-electron chi connectivity index (χ2n) is 6.86. The molecule has 1 N–H and O–H groups in total. The Balaban J connectivity index is 1.59. The molecule has 142 valence electrons. The summed E-state index contributed by atoms with van der Waals surface area (Å²) < 4.78 is 0. The van der Waals surface area contributed by atoms with Gasteiger partial charge in [-0.2, -0.15) is 0 Å². The summed E-state index contributed by atoms with van der Waals surface area (Å²) in [5.41, 5.74) is 1.23. The molecule has 0 saturated heterocycles. The minimum absolute atomic E-state index is 0.0504. The number of hydrogen-bond donors (Lipinski definition) is 1. The van der Waals surface area contributed by atoms with Gasteiger partial charge in [0.15, 0.2) is 5.13 Å². The minimum Gasteiger partial charge on any atom is -0.301 e. The molecular formula is C19H22N4OS3. The summed E-state index contributed by atoms with van der Waals surface area (Å²) in [7, 11) is 0. The highest BCUT2D eigenvalue weighted by Gasteiger charge is 2.22. The van der Waals surface area contributed by atoms with Crippen LogP contribution in [0.4, 0.5) is 5.13 Å². The summed E-state index contributed by atoms with van der Waals surface area (Å²) in [6, 6.07) is 0. The van der Waals surface area contributed by atoms with Crippen molar-refractivity contribution in [1.82, 2.24) is 15.0 Å². The number of thiophene rings is 1. The molecule has 3 heterocycles. The molecule has 0 unspecified atom stereocenters. The van der Waals surface area contributed by atoms with Crippen LogP contribution in [0.2, 0.25) is 0 Å². The first-order chi connectivity index (χ1) is 13.1. The first-order valence-electron chi connectivity index (χ1n) is 9.21. The van der Waals surface area contributed by atoms with Gasteiger partial charge >= 0.3 is 0 Å².